The molecule has 4 heteroatoms. The number of nitrogens with zero attached hydrogens (tertiary/aromatic N) is 1. The minimum absolute atomic E-state index is 0.144. The van der Waals surface area contributed by atoms with Crippen LogP contribution in [0.5, 0.6) is 0 Å². The second kappa shape index (κ2) is 4.81. The molecule has 1 aromatic heterocycles. The van der Waals surface area contributed by atoms with E-state index in [2.05, 4.69) is 4.98 Å². The molecule has 0 bridgehead atoms. The number of aromatic carboxylic acids is 1. The summed E-state index contributed by atoms with van der Waals surface area (Å²) in [6.07, 6.45) is 0.550. The number of hydrogen-bond donors (Lipinski definition) is 1. The van der Waals surface area contributed by atoms with Gasteiger partial charge in [-0.25, -0.2) is 9.78 Å². The van der Waals surface area contributed by atoms with Gasteiger partial charge in [0.05, 0.1) is 0 Å². The largest absolute Gasteiger partial charge is 0.478 e. The van der Waals surface area contributed by atoms with E-state index in [1.165, 1.54) is 11.6 Å². The van der Waals surface area contributed by atoms with E-state index in [0.717, 1.165) is 5.56 Å². The summed E-state index contributed by atoms with van der Waals surface area (Å²) in [6, 6.07) is 13.0. The van der Waals surface area contributed by atoms with Crippen molar-refractivity contribution in [2.45, 2.75) is 13.3 Å². The van der Waals surface area contributed by atoms with E-state index in [9.17, 15) is 4.79 Å². The monoisotopic (exact) mass is 267 g/mol. The average Bonchev–Trinajstić information content (AvgIpc) is 2.83. The second-order valence-electron chi connectivity index (χ2n) is 4.73. The highest BCUT2D eigenvalue weighted by atomic mass is 16.4. The normalized spacial score (nSPS) is 10.8. The maximum atomic E-state index is 11.1. The van der Waals surface area contributed by atoms with Gasteiger partial charge in [-0.15, -0.1) is 0 Å². The van der Waals surface area contributed by atoms with Crippen LogP contribution < -0.4 is 0 Å². The standard InChI is InChI=1S/C16H13NO3/c1-10-5-7-11(8-6-10)9-14-17-13-4-2-3-12(16(18)19)15(13)20-14/h2-8H,9H2,1H3,(H,18,19). The van der Waals surface area contributed by atoms with Crippen molar-refractivity contribution in [3.63, 3.8) is 0 Å². The first-order chi connectivity index (χ1) is 9.63. The molecular formula is C16H13NO3. The summed E-state index contributed by atoms with van der Waals surface area (Å²) >= 11 is 0. The number of para-hydroxylation sites is 1. The highest BCUT2D eigenvalue weighted by molar-refractivity contribution is 5.99. The lowest BCUT2D eigenvalue weighted by Crippen LogP contribution is -1.95. The van der Waals surface area contributed by atoms with Crippen molar-refractivity contribution in [2.24, 2.45) is 0 Å². The molecule has 3 aromatic rings. The molecule has 2 aromatic carbocycles. The quantitative estimate of drug-likeness (QED) is 0.789. The highest BCUT2D eigenvalue weighted by Crippen LogP contribution is 2.21. The molecule has 0 aliphatic carbocycles. The highest BCUT2D eigenvalue weighted by Gasteiger charge is 2.14. The molecule has 0 saturated heterocycles. The summed E-state index contributed by atoms with van der Waals surface area (Å²) in [4.78, 5) is 15.5. The Kier molecular flexibility index (Phi) is 2.99. The summed E-state index contributed by atoms with van der Waals surface area (Å²) in [7, 11) is 0. The number of aromatic nitrogens is 1. The molecular weight excluding hydrogens is 254 g/mol. The fourth-order valence-electron chi connectivity index (χ4n) is 2.12. The van der Waals surface area contributed by atoms with Crippen LogP contribution in [0.15, 0.2) is 46.9 Å². The third-order valence-corrected chi connectivity index (χ3v) is 3.17. The van der Waals surface area contributed by atoms with E-state index in [1.54, 1.807) is 12.1 Å². The van der Waals surface area contributed by atoms with Crippen molar-refractivity contribution in [1.29, 1.82) is 0 Å². The molecule has 0 saturated carbocycles. The Morgan fingerprint density at radius 3 is 2.65 bits per heavy atom. The molecule has 0 spiro atoms. The Labute approximate surface area is 115 Å². The minimum Gasteiger partial charge on any atom is -0.478 e. The summed E-state index contributed by atoms with van der Waals surface area (Å²) in [5, 5.41) is 9.12. The predicted octanol–water partition coefficient (Wildman–Crippen LogP) is 3.43. The van der Waals surface area contributed by atoms with Crippen molar-refractivity contribution in [3.05, 3.63) is 65.0 Å². The number of oxazole rings is 1. The number of carboxylic acids is 1. The van der Waals surface area contributed by atoms with Gasteiger partial charge in [-0.2, -0.15) is 0 Å². The van der Waals surface area contributed by atoms with Crippen LogP contribution in [0, 0.1) is 6.92 Å². The van der Waals surface area contributed by atoms with Gasteiger partial charge in [0.2, 0.25) is 0 Å². The molecule has 0 aliphatic rings. The first-order valence-electron chi connectivity index (χ1n) is 6.31. The Balaban J connectivity index is 1.99. The molecule has 20 heavy (non-hydrogen) atoms. The van der Waals surface area contributed by atoms with Crippen LogP contribution in [0.4, 0.5) is 0 Å². The van der Waals surface area contributed by atoms with Crippen LogP contribution in [0.25, 0.3) is 11.1 Å². The summed E-state index contributed by atoms with van der Waals surface area (Å²) < 4.78 is 5.60. The molecule has 1 N–H and O–H groups in total. The zero-order chi connectivity index (χ0) is 14.1. The van der Waals surface area contributed by atoms with Crippen LogP contribution in [0.1, 0.15) is 27.4 Å². The third-order valence-electron chi connectivity index (χ3n) is 3.17. The molecule has 100 valence electrons. The van der Waals surface area contributed by atoms with Crippen LogP contribution >= 0.6 is 0 Å². The van der Waals surface area contributed by atoms with E-state index in [-0.39, 0.29) is 5.56 Å². The van der Waals surface area contributed by atoms with Crippen LogP contribution in [0.3, 0.4) is 0 Å². The molecule has 0 amide bonds. The zero-order valence-electron chi connectivity index (χ0n) is 11.0. The third kappa shape index (κ3) is 2.28. The van der Waals surface area contributed by atoms with Gasteiger partial charge in [-0.05, 0) is 24.6 Å². The Morgan fingerprint density at radius 1 is 1.20 bits per heavy atom. The number of carboxylic acid groups (broad SMARTS) is 1. The maximum Gasteiger partial charge on any atom is 0.339 e. The lowest BCUT2D eigenvalue weighted by atomic mass is 10.1. The van der Waals surface area contributed by atoms with E-state index >= 15 is 0 Å². The van der Waals surface area contributed by atoms with Gasteiger partial charge in [0.25, 0.3) is 0 Å². The molecule has 3 rings (SSSR count). The number of fused-ring (bicyclic) bond motifs is 1. The van der Waals surface area contributed by atoms with Gasteiger partial charge in [-0.3, -0.25) is 0 Å². The molecule has 1 heterocycles. The Hall–Kier alpha value is -2.62. The van der Waals surface area contributed by atoms with Gasteiger partial charge >= 0.3 is 5.97 Å². The topological polar surface area (TPSA) is 63.3 Å². The van der Waals surface area contributed by atoms with Gasteiger partial charge in [-0.1, -0.05) is 35.9 Å². The van der Waals surface area contributed by atoms with Crippen molar-refractivity contribution in [1.82, 2.24) is 4.98 Å². The summed E-state index contributed by atoms with van der Waals surface area (Å²) in [5.41, 5.74) is 3.33. The number of aryl methyl sites for hydroxylation is 1. The number of benzene rings is 2. The molecule has 0 fully saturated rings. The average molecular weight is 267 g/mol. The van der Waals surface area contributed by atoms with Crippen LogP contribution in [-0.2, 0) is 6.42 Å². The first-order valence-corrected chi connectivity index (χ1v) is 6.31. The fraction of sp³-hybridized carbons (Fsp3) is 0.125. The SMILES string of the molecule is Cc1ccc(Cc2nc3cccc(C(=O)O)c3o2)cc1. The van der Waals surface area contributed by atoms with E-state index in [0.29, 0.717) is 23.4 Å². The number of rotatable bonds is 3. The van der Waals surface area contributed by atoms with Gasteiger partial charge in [0.1, 0.15) is 11.1 Å². The van der Waals surface area contributed by atoms with Crippen molar-refractivity contribution in [3.8, 4) is 0 Å². The summed E-state index contributed by atoms with van der Waals surface area (Å²) in [5.74, 6) is -0.480. The number of carbonyl (C=O) groups is 1. The van der Waals surface area contributed by atoms with Crippen molar-refractivity contribution >= 4 is 17.1 Å². The van der Waals surface area contributed by atoms with Crippen molar-refractivity contribution in [2.75, 3.05) is 0 Å². The maximum absolute atomic E-state index is 11.1. The molecule has 0 atom stereocenters. The Morgan fingerprint density at radius 2 is 1.95 bits per heavy atom. The smallest absolute Gasteiger partial charge is 0.339 e. The lowest BCUT2D eigenvalue weighted by molar-refractivity contribution is 0.0698. The number of hydrogen-bond acceptors (Lipinski definition) is 3. The fourth-order valence-corrected chi connectivity index (χ4v) is 2.12. The van der Waals surface area contributed by atoms with Crippen LogP contribution in [-0.4, -0.2) is 16.1 Å². The van der Waals surface area contributed by atoms with E-state index < -0.39 is 5.97 Å². The van der Waals surface area contributed by atoms with Gasteiger partial charge < -0.3 is 9.52 Å². The van der Waals surface area contributed by atoms with Crippen LogP contribution in [0.2, 0.25) is 0 Å². The van der Waals surface area contributed by atoms with Crippen molar-refractivity contribution < 1.29 is 14.3 Å². The lowest BCUT2D eigenvalue weighted by Gasteiger charge is -1.97. The molecule has 0 unspecified atom stereocenters. The summed E-state index contributed by atoms with van der Waals surface area (Å²) in [6.45, 7) is 2.03. The zero-order valence-corrected chi connectivity index (χ0v) is 11.0. The van der Waals surface area contributed by atoms with E-state index in [4.69, 9.17) is 9.52 Å². The second-order valence-corrected chi connectivity index (χ2v) is 4.73. The molecule has 0 radical (unpaired) electrons. The van der Waals surface area contributed by atoms with Gasteiger partial charge in [0.15, 0.2) is 11.5 Å². The Bertz CT molecular complexity index is 772. The molecule has 0 aliphatic heterocycles. The first kappa shape index (κ1) is 12.4. The van der Waals surface area contributed by atoms with Gasteiger partial charge in [0, 0.05) is 6.42 Å². The van der Waals surface area contributed by atoms with E-state index in [1.807, 2.05) is 31.2 Å². The minimum atomic E-state index is -1.01. The molecule has 4 nitrogen and oxygen atoms in total. The predicted molar refractivity (Wildman–Crippen MR) is 75.0 cm³/mol.